The summed E-state index contributed by atoms with van der Waals surface area (Å²) in [6, 6.07) is 17.6. The van der Waals surface area contributed by atoms with Crippen LogP contribution in [0, 0.1) is 53.3 Å². The first kappa shape index (κ1) is 102. The molecule has 1 aliphatic rings. The first-order valence-corrected chi connectivity index (χ1v) is 43.2. The van der Waals surface area contributed by atoms with Crippen LogP contribution in [0.4, 0.5) is 15.3 Å². The molecule has 1 heterocycles. The van der Waals surface area contributed by atoms with Gasteiger partial charge in [0.05, 0.1) is 120 Å². The zero-order chi connectivity index (χ0) is 86.9. The first-order chi connectivity index (χ1) is 55.7. The van der Waals surface area contributed by atoms with Crippen LogP contribution in [-0.4, -0.2) is 257 Å². The number of hydrogen-bond donors (Lipinski definition) is 5. The summed E-state index contributed by atoms with van der Waals surface area (Å²) in [5, 5.41) is 19.3. The molecule has 1 aliphatic heterocycles. The summed E-state index contributed by atoms with van der Waals surface area (Å²) in [4.78, 5) is 145. The van der Waals surface area contributed by atoms with E-state index in [1.807, 2.05) is 71.9 Å². The van der Waals surface area contributed by atoms with Gasteiger partial charge in [-0.05, 0) is 104 Å². The minimum absolute atomic E-state index is 0.0686. The molecule has 3 aromatic rings. The van der Waals surface area contributed by atoms with E-state index in [4.69, 9.17) is 48.4 Å². The number of likely N-dealkylation sites (N-methyl/N-ethyl adjacent to an activating group) is 2. The standard InChI is InChI=1S/C87H137N7O22S/c1-17-60(8)79(75(110-15)54-76(98)94-39-24-29-71(94)82(111-16)62(10)72(95)51-61(9)80(99)64-25-19-18-20-26-64)92(11)85(103)70(57(2)3)53-74(97)78(59(6)7)93(12)87(105)116-55-63-30-36-69(37-31-63)90-84(102)67(28-23-38-89-86(88)104)52-73(96)77(58(4)5)91-83(101)66-34-32-65(33-35-66)81(100)68(27-21-22-40-112-45-46-113-43-41-108-13)56-117(106,107)50-49-115-48-47-114-44-42-109-14/h18-20,25-26,30-37,57-62,67-68,70-71,75,77-80,82,99H,17,21-24,27-29,38-56H2,1-16H3,(H,90,102)(H,91,101)(H3,88,89,104)/t60-,61-,62-,67+,68?,70-,71-,75+,77-,78-,79-,80+,82+/m0/s1. The third-order valence-electron chi connectivity index (χ3n) is 22.0. The summed E-state index contributed by atoms with van der Waals surface area (Å²) in [6.45, 7) is 21.9. The van der Waals surface area contributed by atoms with Gasteiger partial charge in [0.1, 0.15) is 12.4 Å². The Hall–Kier alpha value is -7.65. The van der Waals surface area contributed by atoms with Crippen LogP contribution in [0.1, 0.15) is 184 Å². The Balaban J connectivity index is 1.41. The minimum Gasteiger partial charge on any atom is -0.445 e. The molecule has 6 N–H and O–H groups in total. The van der Waals surface area contributed by atoms with Crippen LogP contribution >= 0.6 is 0 Å². The number of carbonyl (C=O) groups is 10. The van der Waals surface area contributed by atoms with Crippen LogP contribution in [0.15, 0.2) is 78.9 Å². The second-order valence-corrected chi connectivity index (χ2v) is 34.1. The number of nitrogens with two attached hydrogens (primary N) is 1. The fourth-order valence-electron chi connectivity index (χ4n) is 15.0. The predicted octanol–water partition coefficient (Wildman–Crippen LogP) is 9.92. The molecule has 1 saturated heterocycles. The van der Waals surface area contributed by atoms with Gasteiger partial charge < -0.3 is 84.1 Å². The highest BCUT2D eigenvalue weighted by Crippen LogP contribution is 2.34. The van der Waals surface area contributed by atoms with E-state index in [-0.39, 0.29) is 136 Å². The molecule has 4 rings (SSSR count). The largest absolute Gasteiger partial charge is 0.445 e. The number of rotatable bonds is 60. The smallest absolute Gasteiger partial charge is 0.410 e. The molecule has 1 unspecified atom stereocenters. The molecule has 3 aromatic carbocycles. The number of Topliss-reactive ketones (excluding diaryl/α,β-unsaturated/α-hetero) is 4. The van der Waals surface area contributed by atoms with Crippen LogP contribution in [0.5, 0.6) is 0 Å². The number of aliphatic hydroxyl groups is 1. The van der Waals surface area contributed by atoms with Crippen LogP contribution in [0.3, 0.4) is 0 Å². The zero-order valence-corrected chi connectivity index (χ0v) is 73.0. The van der Waals surface area contributed by atoms with Gasteiger partial charge in [-0.1, -0.05) is 137 Å². The Morgan fingerprint density at radius 2 is 1.21 bits per heavy atom. The Morgan fingerprint density at radius 3 is 1.77 bits per heavy atom. The summed E-state index contributed by atoms with van der Waals surface area (Å²) >= 11 is 0. The highest BCUT2D eigenvalue weighted by Gasteiger charge is 2.44. The summed E-state index contributed by atoms with van der Waals surface area (Å²) in [7, 11) is 5.57. The number of aliphatic hydroxyl groups excluding tert-OH is 1. The Morgan fingerprint density at radius 1 is 0.615 bits per heavy atom. The lowest BCUT2D eigenvalue weighted by Crippen LogP contribution is -2.54. The van der Waals surface area contributed by atoms with Crippen molar-refractivity contribution in [3.05, 3.63) is 101 Å². The van der Waals surface area contributed by atoms with Crippen molar-refractivity contribution in [3.63, 3.8) is 0 Å². The molecule has 0 aromatic heterocycles. The molecule has 117 heavy (non-hydrogen) atoms. The molecule has 13 atom stereocenters. The third-order valence-corrected chi connectivity index (χ3v) is 23.7. The van der Waals surface area contributed by atoms with Crippen molar-refractivity contribution >= 4 is 74.4 Å². The molecule has 0 saturated carbocycles. The number of benzene rings is 3. The highest BCUT2D eigenvalue weighted by molar-refractivity contribution is 7.91. The Bertz CT molecular complexity index is 3630. The maximum Gasteiger partial charge on any atom is 0.410 e. The lowest BCUT2D eigenvalue weighted by atomic mass is 9.83. The van der Waals surface area contributed by atoms with E-state index < -0.39 is 129 Å². The van der Waals surface area contributed by atoms with Crippen molar-refractivity contribution < 1.29 is 104 Å². The number of hydrogen-bond acceptors (Lipinski definition) is 22. The number of anilines is 1. The van der Waals surface area contributed by atoms with Gasteiger partial charge >= 0.3 is 12.1 Å². The highest BCUT2D eigenvalue weighted by atomic mass is 32.2. The molecule has 0 spiro atoms. The topological polar surface area (TPSA) is 380 Å². The number of methoxy groups -OCH3 is 4. The average Bonchev–Trinajstić information content (AvgIpc) is 1.80. The molecule has 30 heteroatoms. The summed E-state index contributed by atoms with van der Waals surface area (Å²) in [6.07, 6.45) is 0.169. The first-order valence-electron chi connectivity index (χ1n) is 41.4. The van der Waals surface area contributed by atoms with Gasteiger partial charge in [-0.15, -0.1) is 0 Å². The number of ketones is 4. The summed E-state index contributed by atoms with van der Waals surface area (Å²) in [5.74, 6) is -8.71. The summed E-state index contributed by atoms with van der Waals surface area (Å²) in [5.41, 5.74) is 7.24. The van der Waals surface area contributed by atoms with Gasteiger partial charge in [-0.25, -0.2) is 18.0 Å². The van der Waals surface area contributed by atoms with E-state index in [2.05, 4.69) is 16.0 Å². The molecular weight excluding hydrogens is 1530 g/mol. The van der Waals surface area contributed by atoms with E-state index in [0.29, 0.717) is 96.1 Å². The maximum atomic E-state index is 15.0. The van der Waals surface area contributed by atoms with Crippen molar-refractivity contribution in [2.75, 3.05) is 139 Å². The van der Waals surface area contributed by atoms with Crippen molar-refractivity contribution in [2.24, 2.45) is 59.0 Å². The van der Waals surface area contributed by atoms with Crippen LogP contribution in [0.25, 0.3) is 0 Å². The van der Waals surface area contributed by atoms with Gasteiger partial charge in [-0.3, -0.25) is 38.4 Å². The average molecular weight is 1670 g/mol. The molecule has 1 fully saturated rings. The number of ether oxygens (including phenoxy) is 9. The van der Waals surface area contributed by atoms with Crippen molar-refractivity contribution in [1.29, 1.82) is 0 Å². The molecule has 0 bridgehead atoms. The van der Waals surface area contributed by atoms with Crippen LogP contribution in [-0.2, 0) is 87.8 Å². The number of primary amides is 1. The monoisotopic (exact) mass is 1660 g/mol. The molecule has 29 nitrogen and oxygen atoms in total. The lowest BCUT2D eigenvalue weighted by molar-refractivity contribution is -0.149. The number of amides is 7. The third kappa shape index (κ3) is 34.5. The number of nitrogens with one attached hydrogen (secondary N) is 3. The zero-order valence-electron chi connectivity index (χ0n) is 72.2. The van der Waals surface area contributed by atoms with Gasteiger partial charge in [0.15, 0.2) is 27.2 Å². The van der Waals surface area contributed by atoms with Gasteiger partial charge in [-0.2, -0.15) is 0 Å². The Labute approximate surface area is 694 Å². The van der Waals surface area contributed by atoms with Gasteiger partial charge in [0.2, 0.25) is 17.7 Å². The number of nitrogens with zero attached hydrogens (tertiary/aromatic N) is 3. The number of sulfone groups is 1. The van der Waals surface area contributed by atoms with Crippen LogP contribution < -0.4 is 21.7 Å². The number of unbranched alkanes of at least 4 members (excludes halogenated alkanes) is 1. The normalized spacial score (nSPS) is 16.2. The van der Waals surface area contributed by atoms with Gasteiger partial charge in [0, 0.05) is 122 Å². The fourth-order valence-corrected chi connectivity index (χ4v) is 16.4. The lowest BCUT2D eigenvalue weighted by Gasteiger charge is -2.41. The van der Waals surface area contributed by atoms with Gasteiger partial charge in [0.25, 0.3) is 5.91 Å². The fraction of sp³-hybridized carbons (Fsp3) is 0.678. The maximum absolute atomic E-state index is 15.0. The minimum atomic E-state index is -3.78. The van der Waals surface area contributed by atoms with Crippen LogP contribution in [0.2, 0.25) is 0 Å². The second-order valence-electron chi connectivity index (χ2n) is 31.8. The van der Waals surface area contributed by atoms with Crippen molar-refractivity contribution in [3.8, 4) is 0 Å². The number of urea groups is 1. The molecule has 0 aliphatic carbocycles. The van der Waals surface area contributed by atoms with E-state index in [1.165, 1.54) is 43.3 Å². The Kier molecular flexibility index (Phi) is 46.8. The summed E-state index contributed by atoms with van der Waals surface area (Å²) < 4.78 is 76.8. The SMILES string of the molecule is CC[C@H](C)[C@@H]([C@@H](CC(=O)N1CCC[C@H]1[C@H](OC)[C@@H](C)C(=O)C[C@H](C)[C@@H](O)c1ccccc1)OC)N(C)C(=O)[C@@H](CC(=O)[C@H](C(C)C)N(C)C(=O)OCc1ccc(NC(=O)[C@H](CCCNC(N)=O)CC(=O)[C@@H](NC(=O)c2ccc(C(=O)C(CCCCOCCOCCOC)CS(=O)(=O)CCOCCOCCOC)cc2)C(C)C)cc1)C(C)C. The van der Waals surface area contributed by atoms with E-state index in [9.17, 15) is 61.5 Å². The van der Waals surface area contributed by atoms with E-state index >= 15 is 0 Å². The number of carbonyl (C=O) groups excluding carboxylic acids is 10. The predicted molar refractivity (Wildman–Crippen MR) is 446 cm³/mol. The second kappa shape index (κ2) is 53.8. The molecule has 0 radical (unpaired) electrons. The van der Waals surface area contributed by atoms with E-state index in [1.54, 1.807) is 90.1 Å². The molecule has 658 valence electrons. The molecular formula is C87H137N7O22S. The van der Waals surface area contributed by atoms with Crippen molar-refractivity contribution in [1.82, 2.24) is 25.3 Å². The molecule has 7 amide bonds. The van der Waals surface area contributed by atoms with E-state index in [0.717, 1.165) is 5.56 Å². The van der Waals surface area contributed by atoms with Crippen molar-refractivity contribution in [2.45, 2.75) is 195 Å². The quantitative estimate of drug-likeness (QED) is 0.0259. The number of likely N-dealkylation sites (tertiary alicyclic amines) is 1.